The molecule has 2 heteroatoms. The molecular weight excluding hydrogens is 164 g/mol. The average molecular weight is 176 g/mol. The van der Waals surface area contributed by atoms with Crippen molar-refractivity contribution in [1.29, 1.82) is 0 Å². The van der Waals surface area contributed by atoms with Gasteiger partial charge in [0, 0.05) is 5.92 Å². The normalized spacial score (nSPS) is 21.6. The summed E-state index contributed by atoms with van der Waals surface area (Å²) < 4.78 is 4.94. The van der Waals surface area contributed by atoms with Gasteiger partial charge in [0.25, 0.3) is 0 Å². The molecule has 0 bridgehead atoms. The van der Waals surface area contributed by atoms with Gasteiger partial charge in [-0.1, -0.05) is 24.3 Å². The monoisotopic (exact) mass is 176 g/mol. The van der Waals surface area contributed by atoms with E-state index in [0.29, 0.717) is 13.0 Å². The van der Waals surface area contributed by atoms with Crippen molar-refractivity contribution in [3.05, 3.63) is 35.4 Å². The summed E-state index contributed by atoms with van der Waals surface area (Å²) in [6.07, 6.45) is 0.533. The summed E-state index contributed by atoms with van der Waals surface area (Å²) in [5, 5.41) is 0. The molecule has 0 saturated carbocycles. The molecule has 68 valence electrons. The maximum Gasteiger partial charge on any atom is 0.306 e. The van der Waals surface area contributed by atoms with Gasteiger partial charge in [-0.25, -0.2) is 0 Å². The fraction of sp³-hybridized carbons (Fsp3) is 0.364. The molecule has 1 aromatic carbocycles. The van der Waals surface area contributed by atoms with Gasteiger partial charge in [-0.15, -0.1) is 0 Å². The van der Waals surface area contributed by atoms with Crippen molar-refractivity contribution in [2.75, 3.05) is 6.61 Å². The van der Waals surface area contributed by atoms with Crippen LogP contribution in [0.3, 0.4) is 0 Å². The molecule has 1 atom stereocenters. The van der Waals surface area contributed by atoms with Gasteiger partial charge < -0.3 is 4.74 Å². The Hall–Kier alpha value is -1.31. The summed E-state index contributed by atoms with van der Waals surface area (Å²) in [6.45, 7) is 2.61. The summed E-state index contributed by atoms with van der Waals surface area (Å²) >= 11 is 0. The first-order valence-electron chi connectivity index (χ1n) is 4.48. The lowest BCUT2D eigenvalue weighted by Gasteiger charge is -2.09. The molecular formula is C11H12O2. The van der Waals surface area contributed by atoms with Crippen LogP contribution in [0.15, 0.2) is 24.3 Å². The van der Waals surface area contributed by atoms with Gasteiger partial charge in [-0.3, -0.25) is 4.79 Å². The van der Waals surface area contributed by atoms with Crippen LogP contribution < -0.4 is 0 Å². The Morgan fingerprint density at radius 3 is 2.77 bits per heavy atom. The Bertz CT molecular complexity index is 331. The first-order valence-corrected chi connectivity index (χ1v) is 4.48. The maximum atomic E-state index is 10.9. The number of rotatable bonds is 1. The van der Waals surface area contributed by atoms with Crippen molar-refractivity contribution in [1.82, 2.24) is 0 Å². The van der Waals surface area contributed by atoms with Crippen LogP contribution in [0.4, 0.5) is 0 Å². The molecule has 1 aliphatic rings. The first-order chi connectivity index (χ1) is 6.27. The summed E-state index contributed by atoms with van der Waals surface area (Å²) in [6, 6.07) is 8.15. The molecule has 1 aromatic rings. The average Bonchev–Trinajstić information content (AvgIpc) is 2.53. The number of cyclic esters (lactones) is 1. The molecule has 13 heavy (non-hydrogen) atoms. The van der Waals surface area contributed by atoms with E-state index < -0.39 is 0 Å². The summed E-state index contributed by atoms with van der Waals surface area (Å²) in [7, 11) is 0. The Morgan fingerprint density at radius 2 is 2.15 bits per heavy atom. The number of benzene rings is 1. The highest BCUT2D eigenvalue weighted by molar-refractivity contribution is 5.73. The molecule has 1 fully saturated rings. The SMILES string of the molecule is Cc1ccccc1[C@H]1COC(=O)C1. The van der Waals surface area contributed by atoms with Crippen molar-refractivity contribution in [3.63, 3.8) is 0 Å². The number of esters is 1. The van der Waals surface area contributed by atoms with E-state index in [1.54, 1.807) is 0 Å². The van der Waals surface area contributed by atoms with E-state index in [2.05, 4.69) is 19.1 Å². The van der Waals surface area contributed by atoms with E-state index in [-0.39, 0.29) is 11.9 Å². The Kier molecular flexibility index (Phi) is 2.05. The van der Waals surface area contributed by atoms with Crippen LogP contribution in [0.25, 0.3) is 0 Å². The van der Waals surface area contributed by atoms with Gasteiger partial charge in [-0.05, 0) is 18.1 Å². The molecule has 1 heterocycles. The van der Waals surface area contributed by atoms with Crippen LogP contribution in [0.2, 0.25) is 0 Å². The van der Waals surface area contributed by atoms with Crippen LogP contribution >= 0.6 is 0 Å². The van der Waals surface area contributed by atoms with E-state index in [4.69, 9.17) is 4.74 Å². The largest absolute Gasteiger partial charge is 0.465 e. The molecule has 0 amide bonds. The highest BCUT2D eigenvalue weighted by atomic mass is 16.5. The summed E-state index contributed by atoms with van der Waals surface area (Å²) in [5.74, 6) is 0.196. The third kappa shape index (κ3) is 1.57. The second kappa shape index (κ2) is 3.21. The molecule has 0 unspecified atom stereocenters. The third-order valence-electron chi connectivity index (χ3n) is 2.49. The second-order valence-electron chi connectivity index (χ2n) is 3.44. The minimum Gasteiger partial charge on any atom is -0.465 e. The van der Waals surface area contributed by atoms with Crippen LogP contribution in [0, 0.1) is 6.92 Å². The number of carbonyl (C=O) groups is 1. The van der Waals surface area contributed by atoms with Gasteiger partial charge in [0.2, 0.25) is 0 Å². The number of hydrogen-bond acceptors (Lipinski definition) is 2. The van der Waals surface area contributed by atoms with Gasteiger partial charge in [-0.2, -0.15) is 0 Å². The van der Waals surface area contributed by atoms with Gasteiger partial charge >= 0.3 is 5.97 Å². The highest BCUT2D eigenvalue weighted by Crippen LogP contribution is 2.27. The molecule has 0 aliphatic carbocycles. The van der Waals surface area contributed by atoms with Crippen LogP contribution in [-0.2, 0) is 9.53 Å². The number of carbonyl (C=O) groups excluding carboxylic acids is 1. The van der Waals surface area contributed by atoms with E-state index in [9.17, 15) is 4.79 Å². The molecule has 0 spiro atoms. The molecule has 0 aromatic heterocycles. The lowest BCUT2D eigenvalue weighted by Crippen LogP contribution is -1.99. The number of aryl methyl sites for hydroxylation is 1. The Balaban J connectivity index is 2.26. The van der Waals surface area contributed by atoms with E-state index in [0.717, 1.165) is 0 Å². The van der Waals surface area contributed by atoms with E-state index in [1.165, 1.54) is 11.1 Å². The molecule has 2 rings (SSSR count). The molecule has 1 saturated heterocycles. The molecule has 1 aliphatic heterocycles. The van der Waals surface area contributed by atoms with Crippen molar-refractivity contribution in [2.45, 2.75) is 19.3 Å². The Morgan fingerprint density at radius 1 is 1.38 bits per heavy atom. The summed E-state index contributed by atoms with van der Waals surface area (Å²) in [4.78, 5) is 10.9. The maximum absolute atomic E-state index is 10.9. The van der Waals surface area contributed by atoms with Gasteiger partial charge in [0.1, 0.15) is 0 Å². The predicted molar refractivity (Wildman–Crippen MR) is 49.5 cm³/mol. The number of ether oxygens (including phenoxy) is 1. The lowest BCUT2D eigenvalue weighted by atomic mass is 9.94. The van der Waals surface area contributed by atoms with Crippen molar-refractivity contribution in [2.24, 2.45) is 0 Å². The Labute approximate surface area is 77.5 Å². The fourth-order valence-electron chi connectivity index (χ4n) is 1.76. The lowest BCUT2D eigenvalue weighted by molar-refractivity contribution is -0.137. The van der Waals surface area contributed by atoms with Crippen LogP contribution in [0.5, 0.6) is 0 Å². The minimum atomic E-state index is -0.0757. The molecule has 2 nitrogen and oxygen atoms in total. The molecule has 0 radical (unpaired) electrons. The first kappa shape index (κ1) is 8.30. The fourth-order valence-corrected chi connectivity index (χ4v) is 1.76. The zero-order valence-corrected chi connectivity index (χ0v) is 7.62. The van der Waals surface area contributed by atoms with Crippen LogP contribution in [-0.4, -0.2) is 12.6 Å². The van der Waals surface area contributed by atoms with Crippen molar-refractivity contribution in [3.8, 4) is 0 Å². The van der Waals surface area contributed by atoms with E-state index in [1.807, 2.05) is 12.1 Å². The number of hydrogen-bond donors (Lipinski definition) is 0. The van der Waals surface area contributed by atoms with Crippen molar-refractivity contribution >= 4 is 5.97 Å². The summed E-state index contributed by atoms with van der Waals surface area (Å²) in [5.41, 5.74) is 2.49. The van der Waals surface area contributed by atoms with Crippen LogP contribution in [0.1, 0.15) is 23.5 Å². The quantitative estimate of drug-likeness (QED) is 0.612. The third-order valence-corrected chi connectivity index (χ3v) is 2.49. The highest BCUT2D eigenvalue weighted by Gasteiger charge is 2.25. The molecule has 0 N–H and O–H groups in total. The standard InChI is InChI=1S/C11H12O2/c1-8-4-2-3-5-10(8)9-6-11(12)13-7-9/h2-5,9H,6-7H2,1H3/t9-/m1/s1. The zero-order valence-electron chi connectivity index (χ0n) is 7.62. The van der Waals surface area contributed by atoms with Gasteiger partial charge in [0.15, 0.2) is 0 Å². The smallest absolute Gasteiger partial charge is 0.306 e. The van der Waals surface area contributed by atoms with E-state index >= 15 is 0 Å². The zero-order chi connectivity index (χ0) is 9.26. The predicted octanol–water partition coefficient (Wildman–Crippen LogP) is 2.03. The topological polar surface area (TPSA) is 26.3 Å². The van der Waals surface area contributed by atoms with Crippen molar-refractivity contribution < 1.29 is 9.53 Å². The second-order valence-corrected chi connectivity index (χ2v) is 3.44. The minimum absolute atomic E-state index is 0.0757. The van der Waals surface area contributed by atoms with Gasteiger partial charge in [0.05, 0.1) is 13.0 Å².